The number of carbonyl (C=O) groups excluding carboxylic acids is 1. The van der Waals surface area contributed by atoms with Crippen LogP contribution in [0.4, 0.5) is 11.4 Å². The van der Waals surface area contributed by atoms with Crippen LogP contribution in [-0.2, 0) is 16.0 Å². The van der Waals surface area contributed by atoms with Crippen molar-refractivity contribution in [3.8, 4) is 0 Å². The van der Waals surface area contributed by atoms with Crippen LogP contribution in [0.1, 0.15) is 17.0 Å². The molecule has 5 heteroatoms. The van der Waals surface area contributed by atoms with E-state index < -0.39 is 0 Å². The Morgan fingerprint density at radius 1 is 1.12 bits per heavy atom. The first-order chi connectivity index (χ1) is 12.8. The number of fused-ring (bicyclic) bond motifs is 1. The van der Waals surface area contributed by atoms with Crippen molar-refractivity contribution >= 4 is 23.5 Å². The number of para-hydroxylation sites is 1. The van der Waals surface area contributed by atoms with E-state index in [0.717, 1.165) is 56.2 Å². The Bertz CT molecular complexity index is 795. The molecule has 0 spiro atoms. The van der Waals surface area contributed by atoms with E-state index in [4.69, 9.17) is 4.74 Å². The summed E-state index contributed by atoms with van der Waals surface area (Å²) in [7, 11) is 0. The van der Waals surface area contributed by atoms with E-state index in [1.807, 2.05) is 36.4 Å². The molecule has 2 aliphatic heterocycles. The molecular formula is C21H23N3O2. The maximum atomic E-state index is 12.1. The van der Waals surface area contributed by atoms with Crippen LogP contribution in [0.15, 0.2) is 53.5 Å². The van der Waals surface area contributed by atoms with Gasteiger partial charge >= 0.3 is 0 Å². The summed E-state index contributed by atoms with van der Waals surface area (Å²) in [6, 6.07) is 16.0. The molecule has 4 rings (SSSR count). The summed E-state index contributed by atoms with van der Waals surface area (Å²) in [4.78, 5) is 19.1. The highest BCUT2D eigenvalue weighted by Gasteiger charge is 2.28. The number of aliphatic imine (C=N–C) groups is 1. The van der Waals surface area contributed by atoms with E-state index in [1.54, 1.807) is 6.21 Å². The number of rotatable bonds is 5. The normalized spacial score (nSPS) is 20.3. The first-order valence-corrected chi connectivity index (χ1v) is 9.12. The van der Waals surface area contributed by atoms with Gasteiger partial charge < -0.3 is 10.1 Å². The molecule has 0 radical (unpaired) electrons. The van der Waals surface area contributed by atoms with Gasteiger partial charge in [-0.1, -0.05) is 30.3 Å². The van der Waals surface area contributed by atoms with Gasteiger partial charge in [0.1, 0.15) is 5.92 Å². The molecule has 0 saturated carbocycles. The van der Waals surface area contributed by atoms with Crippen LogP contribution in [-0.4, -0.2) is 49.9 Å². The van der Waals surface area contributed by atoms with Gasteiger partial charge in [0.05, 0.1) is 18.9 Å². The molecule has 0 bridgehead atoms. The van der Waals surface area contributed by atoms with Gasteiger partial charge in [0.15, 0.2) is 0 Å². The molecular weight excluding hydrogens is 326 g/mol. The van der Waals surface area contributed by atoms with Gasteiger partial charge in [0.2, 0.25) is 5.91 Å². The number of amides is 1. The third kappa shape index (κ3) is 3.84. The number of morpholine rings is 1. The van der Waals surface area contributed by atoms with Crippen LogP contribution in [0.2, 0.25) is 0 Å². The zero-order valence-corrected chi connectivity index (χ0v) is 14.7. The highest BCUT2D eigenvalue weighted by atomic mass is 16.5. The fourth-order valence-corrected chi connectivity index (χ4v) is 3.40. The minimum Gasteiger partial charge on any atom is -0.379 e. The lowest BCUT2D eigenvalue weighted by molar-refractivity contribution is -0.115. The minimum absolute atomic E-state index is 0.0166. The third-order valence-corrected chi connectivity index (χ3v) is 4.97. The lowest BCUT2D eigenvalue weighted by Gasteiger charge is -2.26. The zero-order chi connectivity index (χ0) is 17.8. The fourth-order valence-electron chi connectivity index (χ4n) is 3.40. The summed E-state index contributed by atoms with van der Waals surface area (Å²) >= 11 is 0. The van der Waals surface area contributed by atoms with Crippen molar-refractivity contribution in [2.24, 2.45) is 4.99 Å². The van der Waals surface area contributed by atoms with Crippen molar-refractivity contribution in [2.75, 3.05) is 38.2 Å². The van der Waals surface area contributed by atoms with Gasteiger partial charge in [0, 0.05) is 31.5 Å². The molecule has 1 atom stereocenters. The highest BCUT2D eigenvalue weighted by molar-refractivity contribution is 6.12. The predicted octanol–water partition coefficient (Wildman–Crippen LogP) is 3.00. The standard InChI is InChI=1S/C21H23N3O2/c25-21-19(18-3-1-2-4-20(18)23-21)15-22-17-7-5-16(6-8-17)9-10-24-11-13-26-14-12-24/h1-8,15,19H,9-14H2,(H,23,25). The zero-order valence-electron chi connectivity index (χ0n) is 14.7. The van der Waals surface area contributed by atoms with Crippen LogP contribution in [0.5, 0.6) is 0 Å². The van der Waals surface area contributed by atoms with E-state index in [1.165, 1.54) is 5.56 Å². The number of carbonyl (C=O) groups is 1. The SMILES string of the molecule is O=C1Nc2ccccc2C1C=Nc1ccc(CCN2CCOCC2)cc1. The Balaban J connectivity index is 1.37. The van der Waals surface area contributed by atoms with Gasteiger partial charge in [-0.05, 0) is 35.7 Å². The molecule has 0 aliphatic carbocycles. The van der Waals surface area contributed by atoms with E-state index in [9.17, 15) is 4.79 Å². The van der Waals surface area contributed by atoms with E-state index in [2.05, 4.69) is 27.3 Å². The van der Waals surface area contributed by atoms with Crippen molar-refractivity contribution in [2.45, 2.75) is 12.3 Å². The van der Waals surface area contributed by atoms with Crippen molar-refractivity contribution in [3.63, 3.8) is 0 Å². The van der Waals surface area contributed by atoms with E-state index in [0.29, 0.717) is 0 Å². The summed E-state index contributed by atoms with van der Waals surface area (Å²) in [5.41, 5.74) is 4.05. The Kier molecular flexibility index (Phi) is 5.09. The molecule has 1 fully saturated rings. The van der Waals surface area contributed by atoms with Crippen molar-refractivity contribution in [3.05, 3.63) is 59.7 Å². The molecule has 5 nitrogen and oxygen atoms in total. The highest BCUT2D eigenvalue weighted by Crippen LogP contribution is 2.31. The topological polar surface area (TPSA) is 53.9 Å². The largest absolute Gasteiger partial charge is 0.379 e. The van der Waals surface area contributed by atoms with Crippen molar-refractivity contribution < 1.29 is 9.53 Å². The first kappa shape index (κ1) is 16.9. The van der Waals surface area contributed by atoms with E-state index >= 15 is 0 Å². The van der Waals surface area contributed by atoms with Gasteiger partial charge in [0.25, 0.3) is 0 Å². The van der Waals surface area contributed by atoms with E-state index in [-0.39, 0.29) is 11.8 Å². The average molecular weight is 349 g/mol. The molecule has 2 aliphatic rings. The number of hydrogen-bond donors (Lipinski definition) is 1. The van der Waals surface area contributed by atoms with Crippen molar-refractivity contribution in [1.29, 1.82) is 0 Å². The van der Waals surface area contributed by atoms with Gasteiger partial charge in [-0.3, -0.25) is 14.7 Å². The summed E-state index contributed by atoms with van der Waals surface area (Å²) in [5, 5.41) is 2.90. The first-order valence-electron chi connectivity index (χ1n) is 9.12. The smallest absolute Gasteiger partial charge is 0.237 e. The molecule has 1 unspecified atom stereocenters. The monoisotopic (exact) mass is 349 g/mol. The van der Waals surface area contributed by atoms with Crippen LogP contribution in [0.3, 0.4) is 0 Å². The van der Waals surface area contributed by atoms with Crippen LogP contribution >= 0.6 is 0 Å². The van der Waals surface area contributed by atoms with Gasteiger partial charge in [-0.2, -0.15) is 0 Å². The molecule has 2 heterocycles. The molecule has 26 heavy (non-hydrogen) atoms. The number of hydrogen-bond acceptors (Lipinski definition) is 4. The number of benzene rings is 2. The predicted molar refractivity (Wildman–Crippen MR) is 103 cm³/mol. The van der Waals surface area contributed by atoms with Crippen LogP contribution < -0.4 is 5.32 Å². The number of nitrogens with one attached hydrogen (secondary N) is 1. The maximum absolute atomic E-state index is 12.1. The lowest BCUT2D eigenvalue weighted by Crippen LogP contribution is -2.37. The average Bonchev–Trinajstić information content (AvgIpc) is 3.01. The Morgan fingerprint density at radius 3 is 2.69 bits per heavy atom. The molecule has 1 N–H and O–H groups in total. The molecule has 134 valence electrons. The quantitative estimate of drug-likeness (QED) is 0.845. The second kappa shape index (κ2) is 7.81. The van der Waals surface area contributed by atoms with Gasteiger partial charge in [-0.15, -0.1) is 0 Å². The Labute approximate surface area is 153 Å². The molecule has 2 aromatic rings. The molecule has 1 amide bonds. The third-order valence-electron chi connectivity index (χ3n) is 4.97. The van der Waals surface area contributed by atoms with Crippen LogP contribution in [0.25, 0.3) is 0 Å². The molecule has 1 saturated heterocycles. The Hall–Kier alpha value is -2.50. The number of ether oxygens (including phenoxy) is 1. The fraction of sp³-hybridized carbons (Fsp3) is 0.333. The summed E-state index contributed by atoms with van der Waals surface area (Å²) in [6.45, 7) is 4.78. The summed E-state index contributed by atoms with van der Waals surface area (Å²) in [5.74, 6) is -0.329. The summed E-state index contributed by atoms with van der Waals surface area (Å²) in [6.07, 6.45) is 2.77. The van der Waals surface area contributed by atoms with Crippen molar-refractivity contribution in [1.82, 2.24) is 4.90 Å². The maximum Gasteiger partial charge on any atom is 0.237 e. The van der Waals surface area contributed by atoms with Crippen LogP contribution in [0, 0.1) is 0 Å². The number of nitrogens with zero attached hydrogens (tertiary/aromatic N) is 2. The second-order valence-corrected chi connectivity index (χ2v) is 6.70. The van der Waals surface area contributed by atoms with Gasteiger partial charge in [-0.25, -0.2) is 0 Å². The molecule has 0 aromatic heterocycles. The second-order valence-electron chi connectivity index (χ2n) is 6.70. The Morgan fingerprint density at radius 2 is 1.88 bits per heavy atom. The summed E-state index contributed by atoms with van der Waals surface area (Å²) < 4.78 is 5.38. The number of anilines is 1. The lowest BCUT2D eigenvalue weighted by atomic mass is 10.0. The minimum atomic E-state index is -0.313. The molecule has 2 aromatic carbocycles.